The van der Waals surface area contributed by atoms with Crippen LogP contribution in [-0.2, 0) is 43.2 Å². The molecule has 23 nitrogen and oxygen atoms in total. The number of aliphatic hydroxyl groups excluding tert-OH is 1. The average Bonchev–Trinajstić information content (AvgIpc) is 3.74. The Bertz CT molecular complexity index is 1760. The Hall–Kier alpha value is -5.23. The highest BCUT2D eigenvalue weighted by Gasteiger charge is 2.40. The molecule has 0 spiro atoms. The van der Waals surface area contributed by atoms with E-state index in [9.17, 15) is 53.4 Å². The highest BCUT2D eigenvalue weighted by atomic mass is 32.2. The maximum absolute atomic E-state index is 14.2. The molecule has 15 N–H and O–H groups in total. The summed E-state index contributed by atoms with van der Waals surface area (Å²) in [6.45, 7) is 16.6. The van der Waals surface area contributed by atoms with Gasteiger partial charge in [-0.15, -0.1) is 0 Å². The number of rotatable bonds is 29. The number of carboxylic acids is 1. The van der Waals surface area contributed by atoms with Crippen LogP contribution in [0.25, 0.3) is 0 Å². The molecule has 0 bridgehead atoms. The Morgan fingerprint density at radius 1 is 0.662 bits per heavy atom. The Morgan fingerprint density at radius 2 is 1.16 bits per heavy atom. The summed E-state index contributed by atoms with van der Waals surface area (Å²) < 4.78 is 0. The van der Waals surface area contributed by atoms with Gasteiger partial charge in [-0.3, -0.25) is 43.3 Å². The lowest BCUT2D eigenvalue weighted by Gasteiger charge is -2.31. The number of aliphatic imine (C=N–C) groups is 1. The van der Waals surface area contributed by atoms with Crippen LogP contribution >= 0.6 is 11.8 Å². The van der Waals surface area contributed by atoms with Crippen molar-refractivity contribution in [2.75, 3.05) is 25.1 Å². The number of carbonyl (C=O) groups excluding carboxylic acids is 8. The van der Waals surface area contributed by atoms with E-state index >= 15 is 0 Å². The number of nitrogens with two attached hydrogens (primary N) is 3. The molecule has 0 radical (unpaired) electrons. The first-order chi connectivity index (χ1) is 31.6. The number of aliphatic carboxylic acids is 1. The van der Waals surface area contributed by atoms with E-state index in [1.807, 2.05) is 20.1 Å². The van der Waals surface area contributed by atoms with Crippen LogP contribution in [0.3, 0.4) is 0 Å². The minimum Gasteiger partial charge on any atom is -0.480 e. The third kappa shape index (κ3) is 20.2. The Morgan fingerprint density at radius 3 is 1.65 bits per heavy atom. The zero-order valence-electron chi connectivity index (χ0n) is 41.6. The monoisotopic (exact) mass is 985 g/mol. The summed E-state index contributed by atoms with van der Waals surface area (Å²) in [6.07, 6.45) is 2.24. The van der Waals surface area contributed by atoms with Crippen LogP contribution in [-0.4, -0.2) is 160 Å². The van der Waals surface area contributed by atoms with Gasteiger partial charge < -0.3 is 69.5 Å². The summed E-state index contributed by atoms with van der Waals surface area (Å²) in [5, 5.41) is 38.2. The highest BCUT2D eigenvalue weighted by Crippen LogP contribution is 2.21. The topological polar surface area (TPSA) is 372 Å². The SMILES string of the molecule is CSCC[C@H](NC(=O)[C@H](CC(C)C)NC(=O)[C@@H](N)CCCN=C(N)N)C(=O)N1CCC[C@H]1C(=O)N[C@@H](C)C(=O)N[C@H](C(=O)N[C@H](C(=O)N[C@H](C(=O)N[C@H](C(=O)O)C(C)C)C(C)C)[C@@H](C)O)C(C)C. The van der Waals surface area contributed by atoms with Crippen molar-refractivity contribution in [2.24, 2.45) is 45.9 Å². The molecule has 0 aromatic heterocycles. The summed E-state index contributed by atoms with van der Waals surface area (Å²) >= 11 is 1.45. The van der Waals surface area contributed by atoms with E-state index in [1.165, 1.54) is 30.5 Å². The maximum Gasteiger partial charge on any atom is 0.326 e. The molecular weight excluding hydrogens is 905 g/mol. The van der Waals surface area contributed by atoms with Crippen molar-refractivity contribution in [2.45, 2.75) is 168 Å². The van der Waals surface area contributed by atoms with Gasteiger partial charge in [-0.1, -0.05) is 55.4 Å². The number of amides is 8. The molecule has 0 unspecified atom stereocenters. The molecule has 388 valence electrons. The van der Waals surface area contributed by atoms with Crippen molar-refractivity contribution in [1.29, 1.82) is 0 Å². The van der Waals surface area contributed by atoms with Gasteiger partial charge in [0.05, 0.1) is 12.1 Å². The first kappa shape index (κ1) is 60.8. The van der Waals surface area contributed by atoms with Crippen molar-refractivity contribution in [3.05, 3.63) is 0 Å². The number of thioether (sulfide) groups is 1. The quantitative estimate of drug-likeness (QED) is 0.0219. The minimum absolute atomic E-state index is 0.0238. The van der Waals surface area contributed by atoms with E-state index < -0.39 is 131 Å². The number of carbonyl (C=O) groups is 9. The molecule has 1 aliphatic rings. The van der Waals surface area contributed by atoms with Crippen LogP contribution in [0.15, 0.2) is 4.99 Å². The molecule has 0 saturated carbocycles. The number of nitrogens with one attached hydrogen (secondary N) is 7. The van der Waals surface area contributed by atoms with Crippen LogP contribution in [0.1, 0.15) is 108 Å². The predicted molar refractivity (Wildman–Crippen MR) is 258 cm³/mol. The fourth-order valence-electron chi connectivity index (χ4n) is 7.27. The molecule has 0 aromatic rings. The zero-order valence-corrected chi connectivity index (χ0v) is 42.4. The molecule has 1 aliphatic heterocycles. The first-order valence-electron chi connectivity index (χ1n) is 23.3. The van der Waals surface area contributed by atoms with Gasteiger partial charge in [-0.2, -0.15) is 11.8 Å². The molecule has 1 rings (SSSR count). The smallest absolute Gasteiger partial charge is 0.326 e. The molecule has 1 fully saturated rings. The Labute approximate surface area is 404 Å². The number of aliphatic hydroxyl groups is 1. The number of hydrogen-bond donors (Lipinski definition) is 12. The predicted octanol–water partition coefficient (Wildman–Crippen LogP) is -2.00. The number of carboxylic acid groups (broad SMARTS) is 1. The van der Waals surface area contributed by atoms with E-state index in [2.05, 4.69) is 42.2 Å². The fraction of sp³-hybridized carbons (Fsp3) is 0.773. The number of likely N-dealkylation sites (tertiary alicyclic amines) is 1. The summed E-state index contributed by atoms with van der Waals surface area (Å²) in [6, 6.07) is -10.6. The van der Waals surface area contributed by atoms with Crippen LogP contribution in [0.5, 0.6) is 0 Å². The first-order valence-corrected chi connectivity index (χ1v) is 24.7. The lowest BCUT2D eigenvalue weighted by molar-refractivity contribution is -0.144. The van der Waals surface area contributed by atoms with Gasteiger partial charge >= 0.3 is 5.97 Å². The summed E-state index contributed by atoms with van der Waals surface area (Å²) in [7, 11) is 0. The molecule has 8 amide bonds. The maximum atomic E-state index is 14.2. The molecule has 1 heterocycles. The molecule has 0 aliphatic carbocycles. The van der Waals surface area contributed by atoms with Crippen LogP contribution in [0, 0.1) is 23.7 Å². The minimum atomic E-state index is -1.60. The van der Waals surface area contributed by atoms with Gasteiger partial charge in [-0.25, -0.2) is 4.79 Å². The van der Waals surface area contributed by atoms with Gasteiger partial charge in [0.15, 0.2) is 5.96 Å². The number of hydrogen-bond acceptors (Lipinski definition) is 13. The summed E-state index contributed by atoms with van der Waals surface area (Å²) in [5.74, 6) is -8.08. The Kier molecular flexibility index (Phi) is 26.5. The zero-order chi connectivity index (χ0) is 52.2. The van der Waals surface area contributed by atoms with Crippen molar-refractivity contribution < 1.29 is 53.4 Å². The number of nitrogens with zero attached hydrogens (tertiary/aromatic N) is 2. The van der Waals surface area contributed by atoms with E-state index in [0.717, 1.165) is 0 Å². The van der Waals surface area contributed by atoms with E-state index in [-0.39, 0.29) is 50.7 Å². The normalized spacial score (nSPS) is 17.7. The van der Waals surface area contributed by atoms with Crippen molar-refractivity contribution in [3.63, 3.8) is 0 Å². The van der Waals surface area contributed by atoms with Gasteiger partial charge in [0, 0.05) is 13.1 Å². The van der Waals surface area contributed by atoms with E-state index in [4.69, 9.17) is 17.2 Å². The van der Waals surface area contributed by atoms with Gasteiger partial charge in [0.1, 0.15) is 48.3 Å². The third-order valence-electron chi connectivity index (χ3n) is 11.2. The largest absolute Gasteiger partial charge is 0.480 e. The highest BCUT2D eigenvalue weighted by molar-refractivity contribution is 7.98. The van der Waals surface area contributed by atoms with Crippen molar-refractivity contribution in [3.8, 4) is 0 Å². The molecule has 1 saturated heterocycles. The molecule has 24 heteroatoms. The fourth-order valence-corrected chi connectivity index (χ4v) is 7.74. The second kappa shape index (κ2) is 29.6. The summed E-state index contributed by atoms with van der Waals surface area (Å²) in [5.41, 5.74) is 16.8. The van der Waals surface area contributed by atoms with Crippen LogP contribution in [0.2, 0.25) is 0 Å². The van der Waals surface area contributed by atoms with Gasteiger partial charge in [-0.05, 0) is 88.1 Å². The second-order valence-corrected chi connectivity index (χ2v) is 19.8. The molecule has 68 heavy (non-hydrogen) atoms. The lowest BCUT2D eigenvalue weighted by Crippen LogP contribution is -2.62. The molecule has 10 atom stereocenters. The second-order valence-electron chi connectivity index (χ2n) is 18.8. The van der Waals surface area contributed by atoms with Gasteiger partial charge in [0.2, 0.25) is 47.3 Å². The summed E-state index contributed by atoms with van der Waals surface area (Å²) in [4.78, 5) is 125. The van der Waals surface area contributed by atoms with E-state index in [0.29, 0.717) is 18.6 Å². The Balaban J connectivity index is 3.13. The van der Waals surface area contributed by atoms with E-state index in [1.54, 1.807) is 41.5 Å². The standard InChI is InChI=1S/C44H80N12O11S/c1-21(2)20-29(51-36(59)27(45)14-12-17-48-44(46)47)37(60)50-28(16-19-68-11)42(65)56-18-13-15-30(56)38(61)49-25(9)35(58)52-31(22(3)4)40(63)55-34(26(10)57)41(64)53-32(23(5)6)39(62)54-33(24(7)8)43(66)67/h21-34,57H,12-20,45H2,1-11H3,(H,49,61)(H,50,60)(H,51,59)(H,52,58)(H,53,64)(H,54,62)(H,55,63)(H,66,67)(H4,46,47,48)/t25-,26+,27-,28-,29-,30-,31-,32-,33-,34-/m0/s1. The molecule has 0 aromatic carbocycles. The number of guanidine groups is 1. The van der Waals surface area contributed by atoms with Crippen molar-refractivity contribution in [1.82, 2.24) is 42.1 Å². The van der Waals surface area contributed by atoms with Crippen LogP contribution in [0.4, 0.5) is 0 Å². The third-order valence-corrected chi connectivity index (χ3v) is 11.9. The average molecular weight is 985 g/mol. The van der Waals surface area contributed by atoms with Gasteiger partial charge in [0.25, 0.3) is 0 Å². The van der Waals surface area contributed by atoms with Crippen LogP contribution < -0.4 is 54.4 Å². The molecular formula is C44H80N12O11S. The van der Waals surface area contributed by atoms with Crippen molar-refractivity contribution >= 4 is 70.9 Å². The lowest BCUT2D eigenvalue weighted by atomic mass is 9.99.